The molecule has 0 radical (unpaired) electrons. The number of rotatable bonds is 8. The smallest absolute Gasteiger partial charge is 0.264 e. The molecule has 0 saturated carbocycles. The van der Waals surface area contributed by atoms with Crippen LogP contribution in [0.15, 0.2) is 120 Å². The van der Waals surface area contributed by atoms with Crippen molar-refractivity contribution in [2.45, 2.75) is 31.5 Å². The topological polar surface area (TPSA) is 37.4 Å². The summed E-state index contributed by atoms with van der Waals surface area (Å²) < 4.78 is 29.5. The summed E-state index contributed by atoms with van der Waals surface area (Å²) in [5, 5.41) is 2.88. The zero-order chi connectivity index (χ0) is 25.8. The van der Waals surface area contributed by atoms with Crippen molar-refractivity contribution in [2.24, 2.45) is 0 Å². The Morgan fingerprint density at radius 2 is 1.36 bits per heavy atom. The highest BCUT2D eigenvalue weighted by molar-refractivity contribution is 7.89. The first-order valence-corrected chi connectivity index (χ1v) is 16.7. The Morgan fingerprint density at radius 1 is 0.806 bits per heavy atom. The van der Waals surface area contributed by atoms with Crippen molar-refractivity contribution < 1.29 is 8.42 Å². The van der Waals surface area contributed by atoms with Gasteiger partial charge in [-0.25, -0.2) is 8.42 Å². The molecule has 0 heterocycles. The first-order valence-electron chi connectivity index (χ1n) is 11.8. The van der Waals surface area contributed by atoms with Gasteiger partial charge in [0.1, 0.15) is 8.07 Å². The van der Waals surface area contributed by atoms with Gasteiger partial charge in [0.2, 0.25) is 0 Å². The molecule has 36 heavy (non-hydrogen) atoms. The van der Waals surface area contributed by atoms with Gasteiger partial charge in [-0.3, -0.25) is 4.31 Å². The molecule has 6 heteroatoms. The van der Waals surface area contributed by atoms with Crippen molar-refractivity contribution in [2.75, 3.05) is 0 Å². The zero-order valence-electron chi connectivity index (χ0n) is 20.7. The molecule has 0 N–H and O–H groups in total. The van der Waals surface area contributed by atoms with Gasteiger partial charge >= 0.3 is 0 Å². The number of halogens is 1. The lowest BCUT2D eigenvalue weighted by atomic mass is 10.2. The van der Waals surface area contributed by atoms with Crippen molar-refractivity contribution in [3.63, 3.8) is 0 Å². The average Bonchev–Trinajstić information content (AvgIpc) is 2.88. The van der Waals surface area contributed by atoms with Crippen molar-refractivity contribution in [1.29, 1.82) is 0 Å². The van der Waals surface area contributed by atoms with E-state index >= 15 is 0 Å². The van der Waals surface area contributed by atoms with E-state index in [4.69, 9.17) is 11.6 Å². The van der Waals surface area contributed by atoms with Crippen LogP contribution >= 0.6 is 11.6 Å². The number of benzene rings is 4. The van der Waals surface area contributed by atoms with E-state index in [0.717, 1.165) is 21.9 Å². The molecule has 4 rings (SSSR count). The molecular formula is C30H30ClNO2SSi. The minimum absolute atomic E-state index is 0.230. The Hall–Kier alpha value is -3.12. The molecule has 4 aromatic carbocycles. The zero-order valence-corrected chi connectivity index (χ0v) is 23.3. The van der Waals surface area contributed by atoms with Gasteiger partial charge in [-0.15, -0.1) is 0 Å². The second-order valence-electron chi connectivity index (χ2n) is 9.39. The van der Waals surface area contributed by atoms with Gasteiger partial charge in [0, 0.05) is 11.2 Å². The maximum atomic E-state index is 14.0. The molecule has 0 amide bonds. The maximum absolute atomic E-state index is 14.0. The summed E-state index contributed by atoms with van der Waals surface area (Å²) in [5.41, 5.74) is 2.90. The minimum Gasteiger partial charge on any atom is -0.269 e. The molecule has 3 nitrogen and oxygen atoms in total. The monoisotopic (exact) mass is 531 g/mol. The molecule has 0 fully saturated rings. The van der Waals surface area contributed by atoms with Gasteiger partial charge in [0.15, 0.2) is 0 Å². The lowest BCUT2D eigenvalue weighted by molar-refractivity contribution is 0.496. The fourth-order valence-electron chi connectivity index (χ4n) is 4.19. The predicted octanol–water partition coefficient (Wildman–Crippen LogP) is 7.04. The molecule has 0 aliphatic rings. The third-order valence-corrected chi connectivity index (χ3v) is 11.9. The third-order valence-electron chi connectivity index (χ3n) is 6.41. The number of nitrogens with zero attached hydrogens (tertiary/aromatic N) is 1. The highest BCUT2D eigenvalue weighted by atomic mass is 35.5. The van der Waals surface area contributed by atoms with E-state index in [9.17, 15) is 8.42 Å². The molecule has 0 atom stereocenters. The first kappa shape index (κ1) is 26.0. The molecule has 0 bridgehead atoms. The molecule has 0 unspecified atom stereocenters. The van der Waals surface area contributed by atoms with Crippen molar-refractivity contribution in [3.05, 3.63) is 137 Å². The molecule has 0 spiro atoms. The van der Waals surface area contributed by atoms with E-state index in [0.29, 0.717) is 5.02 Å². The van der Waals surface area contributed by atoms with E-state index in [-0.39, 0.29) is 11.4 Å². The van der Waals surface area contributed by atoms with Crippen molar-refractivity contribution in [3.8, 4) is 0 Å². The Balaban J connectivity index is 1.92. The van der Waals surface area contributed by atoms with Crippen LogP contribution in [0.4, 0.5) is 0 Å². The highest BCUT2D eigenvalue weighted by Crippen LogP contribution is 2.30. The van der Waals surface area contributed by atoms with Crippen LogP contribution in [0, 0.1) is 6.92 Å². The van der Waals surface area contributed by atoms with Crippen LogP contribution in [0.2, 0.25) is 18.1 Å². The van der Waals surface area contributed by atoms with E-state index < -0.39 is 18.1 Å². The van der Waals surface area contributed by atoms with E-state index in [2.05, 4.69) is 25.2 Å². The SMILES string of the molecule is Cc1ccc(S(=O)(=O)N(/C=C(\c2ccc(Cl)cc2)[Si](C)(C)c2ccccc2)Cc2ccccc2)cc1. The quantitative estimate of drug-likeness (QED) is 0.229. The second kappa shape index (κ2) is 10.9. The molecule has 0 saturated heterocycles. The largest absolute Gasteiger partial charge is 0.269 e. The molecule has 0 aromatic heterocycles. The standard InChI is InChI=1S/C30H30ClNO2SSi/c1-24-14-20-28(21-15-24)35(33,34)32(22-25-10-6-4-7-11-25)23-30(26-16-18-27(31)19-17-26)36(2,3)29-12-8-5-9-13-29/h4-21,23H,22H2,1-3H3/b30-23+. The van der Waals surface area contributed by atoms with Gasteiger partial charge in [0.05, 0.1) is 11.4 Å². The molecule has 4 aromatic rings. The Kier molecular flexibility index (Phi) is 7.84. The van der Waals surface area contributed by atoms with Gasteiger partial charge in [-0.1, -0.05) is 120 Å². The fraction of sp³-hybridized carbons (Fsp3) is 0.133. The summed E-state index contributed by atoms with van der Waals surface area (Å²) in [6.07, 6.45) is 1.85. The lowest BCUT2D eigenvalue weighted by Gasteiger charge is -2.30. The van der Waals surface area contributed by atoms with Crippen LogP contribution in [0.1, 0.15) is 16.7 Å². The number of sulfonamides is 1. The number of hydrogen-bond donors (Lipinski definition) is 0. The highest BCUT2D eigenvalue weighted by Gasteiger charge is 2.32. The van der Waals surface area contributed by atoms with Crippen LogP contribution in [0.5, 0.6) is 0 Å². The van der Waals surface area contributed by atoms with Crippen LogP contribution in [-0.4, -0.2) is 20.8 Å². The normalized spacial score (nSPS) is 12.4. The molecular weight excluding hydrogens is 502 g/mol. The summed E-state index contributed by atoms with van der Waals surface area (Å²) in [4.78, 5) is 0.273. The summed E-state index contributed by atoms with van der Waals surface area (Å²) in [6.45, 7) is 6.68. The summed E-state index contributed by atoms with van der Waals surface area (Å²) in [5.74, 6) is 0. The van der Waals surface area contributed by atoms with Gasteiger partial charge in [-0.2, -0.15) is 0 Å². The maximum Gasteiger partial charge on any atom is 0.264 e. The first-order chi connectivity index (χ1) is 17.2. The van der Waals surface area contributed by atoms with E-state index in [1.165, 1.54) is 9.49 Å². The number of aryl methyl sites for hydroxylation is 1. The van der Waals surface area contributed by atoms with E-state index in [1.807, 2.05) is 98.1 Å². The molecule has 184 valence electrons. The van der Waals surface area contributed by atoms with Crippen LogP contribution in [0.3, 0.4) is 0 Å². The van der Waals surface area contributed by atoms with Crippen molar-refractivity contribution >= 4 is 40.1 Å². The van der Waals surface area contributed by atoms with Gasteiger partial charge in [-0.05, 0) is 47.5 Å². The summed E-state index contributed by atoms with van der Waals surface area (Å²) >= 11 is 6.21. The second-order valence-corrected chi connectivity index (χ2v) is 16.1. The minimum atomic E-state index is -3.82. The summed E-state index contributed by atoms with van der Waals surface area (Å²) in [6, 6.07) is 34.7. The lowest BCUT2D eigenvalue weighted by Crippen LogP contribution is -2.44. The van der Waals surface area contributed by atoms with Gasteiger partial charge in [0.25, 0.3) is 10.0 Å². The Bertz CT molecular complexity index is 1430. The summed E-state index contributed by atoms with van der Waals surface area (Å²) in [7, 11) is -6.14. The Morgan fingerprint density at radius 3 is 1.94 bits per heavy atom. The molecule has 0 aliphatic carbocycles. The predicted molar refractivity (Wildman–Crippen MR) is 153 cm³/mol. The van der Waals surface area contributed by atoms with Gasteiger partial charge < -0.3 is 0 Å². The van der Waals surface area contributed by atoms with Crippen molar-refractivity contribution in [1.82, 2.24) is 4.31 Å². The third kappa shape index (κ3) is 5.81. The van der Waals surface area contributed by atoms with Crippen LogP contribution in [0.25, 0.3) is 5.20 Å². The van der Waals surface area contributed by atoms with E-state index in [1.54, 1.807) is 12.1 Å². The average molecular weight is 532 g/mol. The fourth-order valence-corrected chi connectivity index (χ4v) is 8.43. The van der Waals surface area contributed by atoms with Crippen LogP contribution < -0.4 is 5.19 Å². The van der Waals surface area contributed by atoms with Crippen LogP contribution in [-0.2, 0) is 16.6 Å². The molecule has 0 aliphatic heterocycles. The number of hydrogen-bond acceptors (Lipinski definition) is 2. The Labute approximate surface area is 220 Å².